The van der Waals surface area contributed by atoms with Crippen LogP contribution in [0.1, 0.15) is 31.4 Å². The van der Waals surface area contributed by atoms with Crippen molar-refractivity contribution in [1.82, 2.24) is 5.32 Å². The van der Waals surface area contributed by atoms with E-state index in [1.807, 2.05) is 12.1 Å². The van der Waals surface area contributed by atoms with Crippen LogP contribution in [0.2, 0.25) is 0 Å². The van der Waals surface area contributed by atoms with E-state index in [1.165, 1.54) is 18.4 Å². The molecule has 4 atom stereocenters. The number of allylic oxidation sites excluding steroid dienone is 2. The minimum atomic E-state index is 0.411. The van der Waals surface area contributed by atoms with Crippen LogP contribution in [0.3, 0.4) is 0 Å². The average Bonchev–Trinajstić information content (AvgIpc) is 3.07. The molecule has 3 unspecified atom stereocenters. The first-order chi connectivity index (χ1) is 9.26. The summed E-state index contributed by atoms with van der Waals surface area (Å²) in [6, 6.07) is 8.78. The number of ether oxygens (including phenoxy) is 1. The lowest BCUT2D eigenvalue weighted by Crippen LogP contribution is -2.27. The predicted octanol–water partition coefficient (Wildman–Crippen LogP) is 3.56. The normalized spacial score (nSPS) is 29.7. The highest BCUT2D eigenvalue weighted by atomic mass is 16.5. The highest BCUT2D eigenvalue weighted by molar-refractivity contribution is 5.28. The molecule has 1 N–H and O–H groups in total. The van der Waals surface area contributed by atoms with Crippen LogP contribution in [0.4, 0.5) is 0 Å². The molecule has 0 radical (unpaired) electrons. The number of methoxy groups -OCH3 is 1. The van der Waals surface area contributed by atoms with Crippen molar-refractivity contribution in [2.45, 2.75) is 25.8 Å². The lowest BCUT2D eigenvalue weighted by molar-refractivity contribution is 0.392. The molecule has 3 rings (SSSR count). The van der Waals surface area contributed by atoms with Crippen molar-refractivity contribution in [3.8, 4) is 5.75 Å². The molecule has 2 bridgehead atoms. The van der Waals surface area contributed by atoms with Gasteiger partial charge in [0.2, 0.25) is 0 Å². The van der Waals surface area contributed by atoms with E-state index in [9.17, 15) is 0 Å². The van der Waals surface area contributed by atoms with Gasteiger partial charge in [-0.1, -0.05) is 24.3 Å². The van der Waals surface area contributed by atoms with Crippen LogP contribution in [-0.4, -0.2) is 13.7 Å². The molecular formula is C17H23NO. The van der Waals surface area contributed by atoms with Crippen molar-refractivity contribution < 1.29 is 4.74 Å². The summed E-state index contributed by atoms with van der Waals surface area (Å²) >= 11 is 0. The molecule has 2 heteroatoms. The zero-order valence-electron chi connectivity index (χ0n) is 11.8. The number of hydrogen-bond acceptors (Lipinski definition) is 2. The smallest absolute Gasteiger partial charge is 0.118 e. The second kappa shape index (κ2) is 5.38. The molecule has 2 aliphatic carbocycles. The maximum absolute atomic E-state index is 5.20. The SMILES string of the molecule is COc1ccc([C@@H](C)NCC2CC3C=CC2C3)cc1. The van der Waals surface area contributed by atoms with Crippen molar-refractivity contribution in [2.24, 2.45) is 17.8 Å². The van der Waals surface area contributed by atoms with Crippen molar-refractivity contribution >= 4 is 0 Å². The van der Waals surface area contributed by atoms with Crippen molar-refractivity contribution in [2.75, 3.05) is 13.7 Å². The van der Waals surface area contributed by atoms with Crippen molar-refractivity contribution in [3.05, 3.63) is 42.0 Å². The fourth-order valence-electron chi connectivity index (χ4n) is 3.47. The molecule has 102 valence electrons. The van der Waals surface area contributed by atoms with Gasteiger partial charge in [-0.25, -0.2) is 0 Å². The first-order valence-corrected chi connectivity index (χ1v) is 7.32. The number of benzene rings is 1. The van der Waals surface area contributed by atoms with E-state index in [0.717, 1.165) is 30.0 Å². The Balaban J connectivity index is 1.53. The van der Waals surface area contributed by atoms with Gasteiger partial charge >= 0.3 is 0 Å². The highest BCUT2D eigenvalue weighted by Gasteiger charge is 2.35. The molecule has 1 aromatic carbocycles. The maximum atomic E-state index is 5.20. The second-order valence-electron chi connectivity index (χ2n) is 5.94. The first kappa shape index (κ1) is 12.7. The minimum absolute atomic E-state index is 0.411. The van der Waals surface area contributed by atoms with Gasteiger partial charge in [0.1, 0.15) is 5.75 Å². The summed E-state index contributed by atoms with van der Waals surface area (Å²) in [6.45, 7) is 3.38. The van der Waals surface area contributed by atoms with Gasteiger partial charge in [-0.05, 0) is 61.8 Å². The first-order valence-electron chi connectivity index (χ1n) is 7.32. The maximum Gasteiger partial charge on any atom is 0.118 e. The summed E-state index contributed by atoms with van der Waals surface area (Å²) < 4.78 is 5.20. The number of nitrogens with one attached hydrogen (secondary N) is 1. The molecule has 2 nitrogen and oxygen atoms in total. The number of hydrogen-bond donors (Lipinski definition) is 1. The van der Waals surface area contributed by atoms with E-state index in [2.05, 4.69) is 36.5 Å². The van der Waals surface area contributed by atoms with Gasteiger partial charge in [-0.3, -0.25) is 0 Å². The molecule has 1 saturated carbocycles. The van der Waals surface area contributed by atoms with E-state index in [1.54, 1.807) is 7.11 Å². The lowest BCUT2D eigenvalue weighted by Gasteiger charge is -2.22. The fraction of sp³-hybridized carbons (Fsp3) is 0.529. The minimum Gasteiger partial charge on any atom is -0.497 e. The van der Waals surface area contributed by atoms with E-state index in [0.29, 0.717) is 6.04 Å². The largest absolute Gasteiger partial charge is 0.497 e. The Morgan fingerprint density at radius 2 is 2.00 bits per heavy atom. The third-order valence-electron chi connectivity index (χ3n) is 4.72. The Morgan fingerprint density at radius 1 is 1.21 bits per heavy atom. The Bertz CT molecular complexity index is 451. The predicted molar refractivity (Wildman–Crippen MR) is 78.3 cm³/mol. The molecule has 1 fully saturated rings. The summed E-state index contributed by atoms with van der Waals surface area (Å²) in [6.07, 6.45) is 7.61. The molecule has 0 amide bonds. The van der Waals surface area contributed by atoms with Crippen LogP contribution in [0.15, 0.2) is 36.4 Å². The molecule has 1 aromatic rings. The summed E-state index contributed by atoms with van der Waals surface area (Å²) in [7, 11) is 1.71. The Kier molecular flexibility index (Phi) is 3.61. The molecular weight excluding hydrogens is 234 g/mol. The summed E-state index contributed by atoms with van der Waals surface area (Å²) in [5.41, 5.74) is 1.33. The molecule has 0 aromatic heterocycles. The van der Waals surface area contributed by atoms with Crippen LogP contribution in [-0.2, 0) is 0 Å². The summed E-state index contributed by atoms with van der Waals surface area (Å²) in [5.74, 6) is 3.47. The second-order valence-corrected chi connectivity index (χ2v) is 5.94. The zero-order valence-corrected chi connectivity index (χ0v) is 11.8. The van der Waals surface area contributed by atoms with Gasteiger partial charge in [0, 0.05) is 6.04 Å². The Morgan fingerprint density at radius 3 is 2.58 bits per heavy atom. The van der Waals surface area contributed by atoms with E-state index >= 15 is 0 Å². The van der Waals surface area contributed by atoms with Crippen molar-refractivity contribution in [3.63, 3.8) is 0 Å². The highest BCUT2D eigenvalue weighted by Crippen LogP contribution is 2.43. The molecule has 0 spiro atoms. The van der Waals surface area contributed by atoms with Gasteiger partial charge < -0.3 is 10.1 Å². The van der Waals surface area contributed by atoms with Gasteiger partial charge in [-0.2, -0.15) is 0 Å². The van der Waals surface area contributed by atoms with E-state index < -0.39 is 0 Å². The van der Waals surface area contributed by atoms with Crippen LogP contribution >= 0.6 is 0 Å². The molecule has 19 heavy (non-hydrogen) atoms. The van der Waals surface area contributed by atoms with Crippen LogP contribution < -0.4 is 10.1 Å². The molecule has 2 aliphatic rings. The standard InChI is InChI=1S/C17H23NO/c1-12(14-5-7-17(19-2)8-6-14)18-11-16-10-13-3-4-15(16)9-13/h3-8,12-13,15-16,18H,9-11H2,1-2H3/t12-,13?,15?,16?/m1/s1. The van der Waals surface area contributed by atoms with Crippen molar-refractivity contribution in [1.29, 1.82) is 0 Å². The summed E-state index contributed by atoms with van der Waals surface area (Å²) in [4.78, 5) is 0. The molecule has 0 saturated heterocycles. The van der Waals surface area contributed by atoms with Crippen LogP contribution in [0, 0.1) is 17.8 Å². The topological polar surface area (TPSA) is 21.3 Å². The molecule has 0 aliphatic heterocycles. The van der Waals surface area contributed by atoms with E-state index in [4.69, 9.17) is 4.74 Å². The fourth-order valence-corrected chi connectivity index (χ4v) is 3.47. The zero-order chi connectivity index (χ0) is 13.2. The van der Waals surface area contributed by atoms with Gasteiger partial charge in [0.15, 0.2) is 0 Å². The summed E-state index contributed by atoms with van der Waals surface area (Å²) in [5, 5.41) is 3.69. The van der Waals surface area contributed by atoms with E-state index in [-0.39, 0.29) is 0 Å². The number of rotatable bonds is 5. The van der Waals surface area contributed by atoms with Crippen LogP contribution in [0.25, 0.3) is 0 Å². The monoisotopic (exact) mass is 257 g/mol. The number of fused-ring (bicyclic) bond motifs is 2. The van der Waals surface area contributed by atoms with Gasteiger partial charge in [-0.15, -0.1) is 0 Å². The quantitative estimate of drug-likeness (QED) is 0.814. The van der Waals surface area contributed by atoms with Gasteiger partial charge in [0.25, 0.3) is 0 Å². The lowest BCUT2D eigenvalue weighted by atomic mass is 9.93. The third kappa shape index (κ3) is 2.69. The van der Waals surface area contributed by atoms with Gasteiger partial charge in [0.05, 0.1) is 7.11 Å². The Labute approximate surface area is 115 Å². The Hall–Kier alpha value is -1.28. The molecule has 0 heterocycles. The van der Waals surface area contributed by atoms with Crippen LogP contribution in [0.5, 0.6) is 5.75 Å². The third-order valence-corrected chi connectivity index (χ3v) is 4.72. The average molecular weight is 257 g/mol.